The Bertz CT molecular complexity index is 548. The molecule has 0 fully saturated rings. The highest BCUT2D eigenvalue weighted by Crippen LogP contribution is 2.21. The van der Waals surface area contributed by atoms with Crippen LogP contribution in [0.25, 0.3) is 0 Å². The maximum Gasteiger partial charge on any atom is 0.356 e. The van der Waals surface area contributed by atoms with E-state index in [-0.39, 0.29) is 6.04 Å². The third-order valence-corrected chi connectivity index (χ3v) is 3.08. The molecule has 1 atom stereocenters. The van der Waals surface area contributed by atoms with Crippen LogP contribution in [0.15, 0.2) is 36.8 Å². The van der Waals surface area contributed by atoms with Crippen molar-refractivity contribution in [2.45, 2.75) is 13.0 Å². The number of hydrogen-bond donors (Lipinski definition) is 0. The van der Waals surface area contributed by atoms with Gasteiger partial charge in [0.25, 0.3) is 0 Å². The molecule has 0 radical (unpaired) electrons. The van der Waals surface area contributed by atoms with E-state index < -0.39 is 5.97 Å². The highest BCUT2D eigenvalue weighted by Gasteiger charge is 2.17. The van der Waals surface area contributed by atoms with Crippen LogP contribution in [-0.2, 0) is 4.74 Å². The first-order valence-electron chi connectivity index (χ1n) is 5.49. The molecule has 1 aromatic heterocycles. The number of methoxy groups -OCH3 is 1. The summed E-state index contributed by atoms with van der Waals surface area (Å²) in [4.78, 5) is 15.6. The van der Waals surface area contributed by atoms with Crippen LogP contribution in [0, 0.1) is 0 Å². The van der Waals surface area contributed by atoms with Gasteiger partial charge in [-0.25, -0.2) is 9.78 Å². The van der Waals surface area contributed by atoms with E-state index in [2.05, 4.69) is 4.98 Å². The van der Waals surface area contributed by atoms with Gasteiger partial charge in [0.2, 0.25) is 0 Å². The van der Waals surface area contributed by atoms with Gasteiger partial charge in [-0.2, -0.15) is 0 Å². The summed E-state index contributed by atoms with van der Waals surface area (Å²) in [7, 11) is 1.35. The van der Waals surface area contributed by atoms with E-state index in [4.69, 9.17) is 16.3 Å². The van der Waals surface area contributed by atoms with Crippen molar-refractivity contribution in [1.82, 2.24) is 9.55 Å². The number of rotatable bonds is 3. The summed E-state index contributed by atoms with van der Waals surface area (Å²) >= 11 is 5.85. The predicted molar refractivity (Wildman–Crippen MR) is 68.8 cm³/mol. The van der Waals surface area contributed by atoms with E-state index in [1.807, 2.05) is 31.2 Å². The van der Waals surface area contributed by atoms with Crippen LogP contribution in [0.5, 0.6) is 0 Å². The molecule has 0 saturated heterocycles. The smallest absolute Gasteiger partial charge is 0.356 e. The zero-order valence-corrected chi connectivity index (χ0v) is 10.9. The van der Waals surface area contributed by atoms with Crippen molar-refractivity contribution >= 4 is 17.6 Å². The van der Waals surface area contributed by atoms with Crippen LogP contribution in [-0.4, -0.2) is 22.6 Å². The lowest BCUT2D eigenvalue weighted by Gasteiger charge is -2.16. The molecule has 18 heavy (non-hydrogen) atoms. The number of ether oxygens (including phenoxy) is 1. The molecule has 0 saturated carbocycles. The van der Waals surface area contributed by atoms with Crippen molar-refractivity contribution in [3.05, 3.63) is 53.1 Å². The van der Waals surface area contributed by atoms with Crippen molar-refractivity contribution < 1.29 is 9.53 Å². The van der Waals surface area contributed by atoms with E-state index in [1.54, 1.807) is 10.9 Å². The molecule has 0 aliphatic rings. The number of aromatic nitrogens is 2. The Morgan fingerprint density at radius 3 is 2.67 bits per heavy atom. The van der Waals surface area contributed by atoms with Crippen molar-refractivity contribution in [1.29, 1.82) is 0 Å². The first-order chi connectivity index (χ1) is 8.63. The lowest BCUT2D eigenvalue weighted by molar-refractivity contribution is 0.0587. The van der Waals surface area contributed by atoms with Gasteiger partial charge in [-0.15, -0.1) is 0 Å². The normalized spacial score (nSPS) is 12.2. The van der Waals surface area contributed by atoms with Gasteiger partial charge in [0, 0.05) is 5.02 Å². The standard InChI is InChI=1S/C13H13ClN2O2/c1-9(10-3-5-11(14)6-4-10)16-8-15-7-12(16)13(17)18-2/h3-9H,1-2H3/t9-/m1/s1/i2-1. The number of carbonyl (C=O) groups is 1. The number of esters is 1. The Labute approximate surface area is 110 Å². The predicted octanol–water partition coefficient (Wildman–Crippen LogP) is 2.93. The largest absolute Gasteiger partial charge is 0.464 e. The van der Waals surface area contributed by atoms with Gasteiger partial charge >= 0.3 is 5.97 Å². The minimum Gasteiger partial charge on any atom is -0.464 e. The average molecular weight is 264 g/mol. The molecule has 0 N–H and O–H groups in total. The third-order valence-electron chi connectivity index (χ3n) is 2.83. The number of benzene rings is 1. The molecule has 0 aliphatic carbocycles. The van der Waals surface area contributed by atoms with Crippen LogP contribution in [0.1, 0.15) is 29.0 Å². The Morgan fingerprint density at radius 2 is 2.06 bits per heavy atom. The summed E-state index contributed by atoms with van der Waals surface area (Å²) in [6, 6.07) is 7.48. The fourth-order valence-corrected chi connectivity index (χ4v) is 1.90. The van der Waals surface area contributed by atoms with E-state index in [1.165, 1.54) is 13.3 Å². The molecule has 0 bridgehead atoms. The summed E-state index contributed by atoms with van der Waals surface area (Å²) < 4.78 is 6.49. The van der Waals surface area contributed by atoms with Gasteiger partial charge in [-0.05, 0) is 24.6 Å². The van der Waals surface area contributed by atoms with Crippen LogP contribution in [0.2, 0.25) is 5.02 Å². The van der Waals surface area contributed by atoms with E-state index >= 15 is 0 Å². The van der Waals surface area contributed by atoms with Gasteiger partial charge in [-0.1, -0.05) is 23.7 Å². The molecule has 5 heteroatoms. The molecule has 0 unspecified atom stereocenters. The summed E-state index contributed by atoms with van der Waals surface area (Å²) in [5.41, 5.74) is 1.47. The van der Waals surface area contributed by atoms with Gasteiger partial charge in [-0.3, -0.25) is 0 Å². The third kappa shape index (κ3) is 2.38. The maximum atomic E-state index is 11.6. The zero-order chi connectivity index (χ0) is 13.1. The Kier molecular flexibility index (Phi) is 3.67. The van der Waals surface area contributed by atoms with Crippen LogP contribution < -0.4 is 0 Å². The van der Waals surface area contributed by atoms with Crippen molar-refractivity contribution in [2.24, 2.45) is 0 Å². The lowest BCUT2D eigenvalue weighted by Crippen LogP contribution is -2.14. The monoisotopic (exact) mass is 263 g/mol. The Balaban J connectivity index is 2.34. The molecule has 1 heterocycles. The molecule has 0 spiro atoms. The molecule has 2 aromatic rings. The maximum absolute atomic E-state index is 11.6. The van der Waals surface area contributed by atoms with Crippen LogP contribution in [0.3, 0.4) is 0 Å². The van der Waals surface area contributed by atoms with Crippen molar-refractivity contribution in [3.8, 4) is 0 Å². The summed E-state index contributed by atoms with van der Waals surface area (Å²) in [5.74, 6) is -0.395. The number of hydrogen-bond acceptors (Lipinski definition) is 3. The van der Waals surface area contributed by atoms with Gasteiger partial charge in [0.05, 0.1) is 25.7 Å². The second-order valence-corrected chi connectivity index (χ2v) is 4.34. The summed E-state index contributed by atoms with van der Waals surface area (Å²) in [6.07, 6.45) is 3.11. The molecule has 4 nitrogen and oxygen atoms in total. The Morgan fingerprint density at radius 1 is 1.39 bits per heavy atom. The van der Waals surface area contributed by atoms with E-state index in [9.17, 15) is 4.79 Å². The minimum atomic E-state index is -0.395. The molecule has 0 aliphatic heterocycles. The first kappa shape index (κ1) is 12.6. The fourth-order valence-electron chi connectivity index (χ4n) is 1.78. The highest BCUT2D eigenvalue weighted by molar-refractivity contribution is 6.30. The van der Waals surface area contributed by atoms with Crippen LogP contribution in [0.4, 0.5) is 0 Å². The molecular formula is C13H13ClN2O2. The second-order valence-electron chi connectivity index (χ2n) is 3.91. The second kappa shape index (κ2) is 5.23. The Hall–Kier alpha value is -1.81. The number of nitrogens with zero attached hydrogens (tertiary/aromatic N) is 2. The van der Waals surface area contributed by atoms with E-state index in [0.29, 0.717) is 10.7 Å². The summed E-state index contributed by atoms with van der Waals surface area (Å²) in [6.45, 7) is 1.98. The summed E-state index contributed by atoms with van der Waals surface area (Å²) in [5, 5.41) is 0.685. The zero-order valence-electron chi connectivity index (χ0n) is 10.1. The molecular weight excluding hydrogens is 251 g/mol. The molecule has 2 rings (SSSR count). The topological polar surface area (TPSA) is 44.1 Å². The van der Waals surface area contributed by atoms with Gasteiger partial charge in [0.15, 0.2) is 0 Å². The van der Waals surface area contributed by atoms with Gasteiger partial charge < -0.3 is 9.30 Å². The molecule has 1 aromatic carbocycles. The fraction of sp³-hybridized carbons (Fsp3) is 0.231. The highest BCUT2D eigenvalue weighted by atomic mass is 35.5. The molecule has 0 amide bonds. The number of carbonyl (C=O) groups excluding carboxylic acids is 1. The van der Waals surface area contributed by atoms with Crippen molar-refractivity contribution in [3.63, 3.8) is 0 Å². The average Bonchev–Trinajstić information content (AvgIpc) is 2.87. The number of halogens is 1. The quantitative estimate of drug-likeness (QED) is 0.800. The van der Waals surface area contributed by atoms with Crippen molar-refractivity contribution in [2.75, 3.05) is 7.11 Å². The lowest BCUT2D eigenvalue weighted by atomic mass is 10.1. The first-order valence-corrected chi connectivity index (χ1v) is 5.87. The van der Waals surface area contributed by atoms with Gasteiger partial charge in [0.1, 0.15) is 5.69 Å². The minimum absolute atomic E-state index is 0.0149. The van der Waals surface area contributed by atoms with Crippen LogP contribution >= 0.6 is 11.6 Å². The SMILES string of the molecule is C[C@H](c1ccc(Cl)cc1)n1cncc1C(=O)O[11CH3]. The molecule has 94 valence electrons. The van der Waals surface area contributed by atoms with E-state index in [0.717, 1.165) is 5.56 Å². The number of imidazole rings is 1.